The zero-order chi connectivity index (χ0) is 39.3. The molecule has 0 N–H and O–H groups in total. The number of anilines is 3. The normalized spacial score (nSPS) is 15.6. The van der Waals surface area contributed by atoms with Gasteiger partial charge in [-0.05, 0) is 128 Å². The number of hydrogen-bond donors (Lipinski definition) is 0. The minimum atomic E-state index is -0.0777. The topological polar surface area (TPSA) is 3.24 Å². The molecule has 3 aliphatic carbocycles. The van der Waals surface area contributed by atoms with E-state index in [1.54, 1.807) is 0 Å². The van der Waals surface area contributed by atoms with E-state index in [9.17, 15) is 0 Å². The first-order valence-electron chi connectivity index (χ1n) is 21.4. The van der Waals surface area contributed by atoms with Gasteiger partial charge in [0.25, 0.3) is 0 Å². The number of nitrogens with zero attached hydrogens (tertiary/aromatic N) is 1. The molecule has 8 aromatic carbocycles. The van der Waals surface area contributed by atoms with E-state index in [1.807, 2.05) is 11.3 Å². The van der Waals surface area contributed by atoms with Crippen LogP contribution in [0.4, 0.5) is 17.1 Å². The fourth-order valence-corrected chi connectivity index (χ4v) is 12.5. The van der Waals surface area contributed by atoms with Crippen molar-refractivity contribution in [2.24, 2.45) is 0 Å². The van der Waals surface area contributed by atoms with Crippen LogP contribution in [0, 0.1) is 0 Å². The molecule has 1 heterocycles. The van der Waals surface area contributed by atoms with E-state index >= 15 is 0 Å². The molecule has 2 heteroatoms. The molecule has 0 unspecified atom stereocenters. The van der Waals surface area contributed by atoms with Gasteiger partial charge in [-0.1, -0.05) is 161 Å². The first kappa shape index (κ1) is 34.8. The van der Waals surface area contributed by atoms with Gasteiger partial charge in [-0.15, -0.1) is 11.3 Å². The van der Waals surface area contributed by atoms with Crippen molar-refractivity contribution in [2.75, 3.05) is 4.90 Å². The Kier molecular flexibility index (Phi) is 7.75. The van der Waals surface area contributed by atoms with Gasteiger partial charge in [-0.25, -0.2) is 0 Å². The van der Waals surface area contributed by atoms with E-state index in [0.29, 0.717) is 0 Å². The Balaban J connectivity index is 0.995. The first-order chi connectivity index (χ1) is 29.0. The summed E-state index contributed by atoms with van der Waals surface area (Å²) in [6.07, 6.45) is 6.32. The van der Waals surface area contributed by atoms with Gasteiger partial charge in [0.2, 0.25) is 0 Å². The van der Waals surface area contributed by atoms with Crippen LogP contribution in [-0.4, -0.2) is 0 Å². The Morgan fingerprint density at radius 1 is 0.424 bits per heavy atom. The summed E-state index contributed by atoms with van der Waals surface area (Å²) in [5.41, 5.74) is 20.1. The van der Waals surface area contributed by atoms with Crippen LogP contribution in [-0.2, 0) is 10.8 Å². The SMILES string of the molecule is CC1(C)c2ccccc2-c2cccc(-c3ccc(N(c4ccc(-c5cccc6sc7ccccc7c56)cc4)c4ccc5c(c4)C4(CCCCC4)c4ccccc4-5)cc3)c21. The number of benzene rings is 8. The predicted molar refractivity (Wildman–Crippen MR) is 252 cm³/mol. The van der Waals surface area contributed by atoms with E-state index in [0.717, 1.165) is 11.4 Å². The van der Waals surface area contributed by atoms with Gasteiger partial charge >= 0.3 is 0 Å². The quantitative estimate of drug-likeness (QED) is 0.168. The Labute approximate surface area is 351 Å². The lowest BCUT2D eigenvalue weighted by atomic mass is 9.68. The number of hydrogen-bond acceptors (Lipinski definition) is 2. The van der Waals surface area contributed by atoms with E-state index < -0.39 is 0 Å². The van der Waals surface area contributed by atoms with Crippen LogP contribution in [0.2, 0.25) is 0 Å². The van der Waals surface area contributed by atoms with Crippen LogP contribution in [0.15, 0.2) is 176 Å². The van der Waals surface area contributed by atoms with Crippen LogP contribution >= 0.6 is 11.3 Å². The summed E-state index contributed by atoms with van der Waals surface area (Å²) >= 11 is 1.88. The summed E-state index contributed by atoms with van der Waals surface area (Å²) in [4.78, 5) is 2.49. The molecule has 0 bridgehead atoms. The molecule has 0 radical (unpaired) electrons. The van der Waals surface area contributed by atoms with Gasteiger partial charge < -0.3 is 4.90 Å². The average molecular weight is 776 g/mol. The summed E-state index contributed by atoms with van der Waals surface area (Å²) < 4.78 is 2.67. The highest BCUT2D eigenvalue weighted by Crippen LogP contribution is 2.57. The molecule has 1 nitrogen and oxygen atoms in total. The predicted octanol–water partition coefficient (Wildman–Crippen LogP) is 16.4. The molecule has 1 fully saturated rings. The second-order valence-electron chi connectivity index (χ2n) is 17.5. The molecular formula is C57H45NS. The highest BCUT2D eigenvalue weighted by Gasteiger charge is 2.44. The van der Waals surface area contributed by atoms with Crippen LogP contribution in [0.3, 0.4) is 0 Å². The molecule has 1 aromatic heterocycles. The van der Waals surface area contributed by atoms with Crippen LogP contribution in [0.25, 0.3) is 64.7 Å². The van der Waals surface area contributed by atoms with Gasteiger partial charge in [0.05, 0.1) is 0 Å². The molecule has 0 aliphatic heterocycles. The summed E-state index contributed by atoms with van der Waals surface area (Å²) in [6, 6.07) is 66.6. The number of thiophene rings is 1. The van der Waals surface area contributed by atoms with Crippen molar-refractivity contribution in [1.29, 1.82) is 0 Å². The zero-order valence-electron chi connectivity index (χ0n) is 33.6. The number of rotatable bonds is 5. The molecule has 12 rings (SSSR count). The molecule has 0 amide bonds. The lowest BCUT2D eigenvalue weighted by Crippen LogP contribution is -2.28. The first-order valence-corrected chi connectivity index (χ1v) is 22.2. The largest absolute Gasteiger partial charge is 0.310 e. The van der Waals surface area contributed by atoms with Crippen molar-refractivity contribution in [2.45, 2.75) is 56.8 Å². The van der Waals surface area contributed by atoms with Crippen LogP contribution in [0.1, 0.15) is 68.2 Å². The highest BCUT2D eigenvalue weighted by atomic mass is 32.1. The monoisotopic (exact) mass is 775 g/mol. The smallest absolute Gasteiger partial charge is 0.0465 e. The molecule has 3 aliphatic rings. The summed E-state index contributed by atoms with van der Waals surface area (Å²) in [7, 11) is 0. The van der Waals surface area contributed by atoms with E-state index in [1.165, 1.54) is 125 Å². The second kappa shape index (κ2) is 13.1. The van der Waals surface area contributed by atoms with Gasteiger partial charge in [0, 0.05) is 48.1 Å². The third kappa shape index (κ3) is 5.15. The van der Waals surface area contributed by atoms with E-state index in [4.69, 9.17) is 0 Å². The van der Waals surface area contributed by atoms with Gasteiger partial charge in [-0.2, -0.15) is 0 Å². The van der Waals surface area contributed by atoms with Gasteiger partial charge in [-0.3, -0.25) is 0 Å². The molecule has 0 atom stereocenters. The standard InChI is InChI=1S/C57H45NS/c1-56(2)49-20-7-4-15-45(49)47-19-12-18-43(55(47)56)38-26-30-40(31-27-38)58(41-32-33-46-44-14-5-8-21-50(44)57(51(46)36-41)34-10-3-11-35-57)39-28-24-37(25-29-39)42-17-13-23-53-54(42)48-16-6-9-22-52(48)59-53/h4-9,12-33,36H,3,10-11,34-35H2,1-2H3. The third-order valence-corrected chi connectivity index (χ3v) is 15.2. The third-order valence-electron chi connectivity index (χ3n) is 14.1. The average Bonchev–Trinajstić information content (AvgIpc) is 3.88. The van der Waals surface area contributed by atoms with Crippen LogP contribution < -0.4 is 4.90 Å². The molecule has 1 saturated carbocycles. The van der Waals surface area contributed by atoms with Gasteiger partial charge in [0.1, 0.15) is 0 Å². The summed E-state index contributed by atoms with van der Waals surface area (Å²) in [6.45, 7) is 4.76. The molecule has 1 spiro atoms. The van der Waals surface area contributed by atoms with E-state index in [-0.39, 0.29) is 10.8 Å². The maximum atomic E-state index is 2.55. The Morgan fingerprint density at radius 3 is 1.73 bits per heavy atom. The molecule has 284 valence electrons. The maximum absolute atomic E-state index is 2.55. The molecule has 0 saturated heterocycles. The molecular weight excluding hydrogens is 731 g/mol. The van der Waals surface area contributed by atoms with Crippen molar-refractivity contribution >= 4 is 48.6 Å². The van der Waals surface area contributed by atoms with Crippen LogP contribution in [0.5, 0.6) is 0 Å². The lowest BCUT2D eigenvalue weighted by Gasteiger charge is -2.36. The van der Waals surface area contributed by atoms with E-state index in [2.05, 4.69) is 195 Å². The minimum absolute atomic E-state index is 0.0777. The van der Waals surface area contributed by atoms with Crippen molar-refractivity contribution < 1.29 is 0 Å². The Bertz CT molecular complexity index is 3100. The zero-order valence-corrected chi connectivity index (χ0v) is 34.5. The lowest BCUT2D eigenvalue weighted by molar-refractivity contribution is 0.353. The summed E-state index contributed by atoms with van der Waals surface area (Å²) in [5, 5.41) is 2.68. The van der Waals surface area contributed by atoms with Crippen molar-refractivity contribution in [3.8, 4) is 44.5 Å². The molecule has 59 heavy (non-hydrogen) atoms. The summed E-state index contributed by atoms with van der Waals surface area (Å²) in [5.74, 6) is 0. The number of fused-ring (bicyclic) bond motifs is 11. The van der Waals surface area contributed by atoms with Crippen molar-refractivity contribution in [3.63, 3.8) is 0 Å². The molecule has 9 aromatic rings. The Hall–Kier alpha value is -6.22. The minimum Gasteiger partial charge on any atom is -0.310 e. The van der Waals surface area contributed by atoms with Crippen molar-refractivity contribution in [3.05, 3.63) is 198 Å². The maximum Gasteiger partial charge on any atom is 0.0465 e. The fourth-order valence-electron chi connectivity index (χ4n) is 11.4. The fraction of sp³-hybridized carbons (Fsp3) is 0.158. The Morgan fingerprint density at radius 2 is 0.966 bits per heavy atom. The highest BCUT2D eigenvalue weighted by molar-refractivity contribution is 7.25. The second-order valence-corrected chi connectivity index (χ2v) is 18.6. The van der Waals surface area contributed by atoms with Gasteiger partial charge in [0.15, 0.2) is 0 Å². The van der Waals surface area contributed by atoms with Crippen molar-refractivity contribution in [1.82, 2.24) is 0 Å².